The Bertz CT molecular complexity index is 294. The maximum atomic E-state index is 10.4. The molecule has 0 aliphatic rings. The topological polar surface area (TPSA) is 37.3 Å². The summed E-state index contributed by atoms with van der Waals surface area (Å²) in [6.45, 7) is 3.75. The second kappa shape index (κ2) is 19.0. The second-order valence-corrected chi connectivity index (χ2v) is 6.51. The summed E-state index contributed by atoms with van der Waals surface area (Å²) in [5.74, 6) is -0.663. The predicted molar refractivity (Wildman–Crippen MR) is 101 cm³/mol. The fourth-order valence-electron chi connectivity index (χ4n) is 2.74. The number of aliphatic carboxylic acids is 1. The average molecular weight is 323 g/mol. The number of rotatable bonds is 18. The molecule has 2 nitrogen and oxygen atoms in total. The van der Waals surface area contributed by atoms with E-state index in [9.17, 15) is 4.79 Å². The Morgan fingerprint density at radius 3 is 1.48 bits per heavy atom. The molecule has 0 aromatic rings. The van der Waals surface area contributed by atoms with Crippen molar-refractivity contribution >= 4 is 5.97 Å². The van der Waals surface area contributed by atoms with E-state index in [-0.39, 0.29) is 0 Å². The van der Waals surface area contributed by atoms with Gasteiger partial charge in [0.1, 0.15) is 0 Å². The molecule has 0 heterocycles. The number of hydrogen-bond donors (Lipinski definition) is 1. The van der Waals surface area contributed by atoms with Crippen molar-refractivity contribution in [3.05, 3.63) is 24.8 Å². The van der Waals surface area contributed by atoms with Crippen molar-refractivity contribution in [3.63, 3.8) is 0 Å². The third kappa shape index (κ3) is 21.0. The van der Waals surface area contributed by atoms with Gasteiger partial charge in [0.05, 0.1) is 0 Å². The predicted octanol–water partition coefficient (Wildman–Crippen LogP) is 7.05. The molecule has 0 aromatic heterocycles. The van der Waals surface area contributed by atoms with E-state index in [1.54, 1.807) is 0 Å². The first-order valence-corrected chi connectivity index (χ1v) is 9.75. The molecular weight excluding hydrogens is 284 g/mol. The van der Waals surface area contributed by atoms with Gasteiger partial charge in [-0.05, 0) is 44.9 Å². The lowest BCUT2D eigenvalue weighted by Crippen LogP contribution is -1.93. The highest BCUT2D eigenvalue weighted by atomic mass is 16.4. The van der Waals surface area contributed by atoms with Crippen LogP contribution in [0.25, 0.3) is 0 Å². The first kappa shape index (κ1) is 21.9. The smallest absolute Gasteiger partial charge is 0.303 e. The van der Waals surface area contributed by atoms with Gasteiger partial charge in [0.2, 0.25) is 0 Å². The van der Waals surface area contributed by atoms with E-state index in [1.165, 1.54) is 83.5 Å². The van der Waals surface area contributed by atoms with Crippen LogP contribution in [-0.4, -0.2) is 11.1 Å². The Kier molecular flexibility index (Phi) is 18.1. The molecule has 0 amide bonds. The van der Waals surface area contributed by atoms with Crippen LogP contribution in [0.2, 0.25) is 0 Å². The molecule has 0 spiro atoms. The van der Waals surface area contributed by atoms with E-state index in [0.29, 0.717) is 6.42 Å². The minimum atomic E-state index is -0.663. The number of unbranched alkanes of at least 4 members (excludes halogenated alkanes) is 13. The molecule has 0 atom stereocenters. The van der Waals surface area contributed by atoms with Gasteiger partial charge in [0.25, 0.3) is 0 Å². The lowest BCUT2D eigenvalue weighted by atomic mass is 10.1. The van der Waals surface area contributed by atoms with Crippen LogP contribution in [0.5, 0.6) is 0 Å². The lowest BCUT2D eigenvalue weighted by Gasteiger charge is -2.00. The molecule has 0 fully saturated rings. The van der Waals surface area contributed by atoms with E-state index in [0.717, 1.165) is 12.8 Å². The van der Waals surface area contributed by atoms with Crippen molar-refractivity contribution in [3.8, 4) is 0 Å². The largest absolute Gasteiger partial charge is 0.481 e. The van der Waals surface area contributed by atoms with E-state index in [1.807, 2.05) is 6.08 Å². The van der Waals surface area contributed by atoms with Crippen molar-refractivity contribution in [2.24, 2.45) is 0 Å². The van der Waals surface area contributed by atoms with Gasteiger partial charge in [-0.1, -0.05) is 69.6 Å². The maximum Gasteiger partial charge on any atom is 0.303 e. The minimum absolute atomic E-state index is 0.333. The first-order valence-electron chi connectivity index (χ1n) is 9.75. The monoisotopic (exact) mass is 322 g/mol. The van der Waals surface area contributed by atoms with E-state index < -0.39 is 5.97 Å². The van der Waals surface area contributed by atoms with Gasteiger partial charge in [-0.2, -0.15) is 0 Å². The summed E-state index contributed by atoms with van der Waals surface area (Å²) in [4.78, 5) is 10.4. The quantitative estimate of drug-likeness (QED) is 0.217. The number of allylic oxidation sites excluding steroid dienone is 3. The molecule has 0 aliphatic carbocycles. The molecule has 2 heteroatoms. The van der Waals surface area contributed by atoms with Gasteiger partial charge in [-0.25, -0.2) is 0 Å². The summed E-state index contributed by atoms with van der Waals surface area (Å²) in [7, 11) is 0. The number of hydrogen-bond acceptors (Lipinski definition) is 1. The molecular formula is C21H38O2. The molecule has 0 rings (SSSR count). The summed E-state index contributed by atoms with van der Waals surface area (Å²) in [6, 6.07) is 0. The van der Waals surface area contributed by atoms with E-state index >= 15 is 0 Å². The highest BCUT2D eigenvalue weighted by Gasteiger charge is 1.96. The molecule has 0 unspecified atom stereocenters. The fraction of sp³-hybridized carbons (Fsp3) is 0.762. The Morgan fingerprint density at radius 1 is 0.652 bits per heavy atom. The van der Waals surface area contributed by atoms with Crippen molar-refractivity contribution in [2.45, 2.75) is 103 Å². The molecule has 0 saturated heterocycles. The summed E-state index contributed by atoms with van der Waals surface area (Å²) < 4.78 is 0. The Hall–Kier alpha value is -1.05. The van der Waals surface area contributed by atoms with Gasteiger partial charge >= 0.3 is 5.97 Å². The Morgan fingerprint density at radius 2 is 1.04 bits per heavy atom. The normalized spacial score (nSPS) is 11.1. The first-order chi connectivity index (χ1) is 11.3. The Balaban J connectivity index is 3.08. The van der Waals surface area contributed by atoms with Gasteiger partial charge in [-0.15, -0.1) is 6.58 Å². The third-order valence-corrected chi connectivity index (χ3v) is 4.21. The third-order valence-electron chi connectivity index (χ3n) is 4.21. The van der Waals surface area contributed by atoms with E-state index in [2.05, 4.69) is 18.7 Å². The zero-order chi connectivity index (χ0) is 17.0. The van der Waals surface area contributed by atoms with Crippen LogP contribution in [0.3, 0.4) is 0 Å². The number of carbonyl (C=O) groups is 1. The number of carboxylic acids is 1. The van der Waals surface area contributed by atoms with E-state index in [4.69, 9.17) is 5.11 Å². The van der Waals surface area contributed by atoms with Crippen molar-refractivity contribution in [2.75, 3.05) is 0 Å². The second-order valence-electron chi connectivity index (χ2n) is 6.51. The van der Waals surface area contributed by atoms with Crippen LogP contribution in [0.1, 0.15) is 103 Å². The SMILES string of the molecule is C=CCCCCCCC/C=C/CCCCCCCCCC(=O)O. The summed E-state index contributed by atoms with van der Waals surface area (Å²) in [5, 5.41) is 8.54. The van der Waals surface area contributed by atoms with Crippen LogP contribution >= 0.6 is 0 Å². The van der Waals surface area contributed by atoms with Crippen LogP contribution < -0.4 is 0 Å². The summed E-state index contributed by atoms with van der Waals surface area (Å²) in [5.41, 5.74) is 0. The highest BCUT2D eigenvalue weighted by molar-refractivity contribution is 5.66. The minimum Gasteiger partial charge on any atom is -0.481 e. The van der Waals surface area contributed by atoms with Crippen molar-refractivity contribution in [1.29, 1.82) is 0 Å². The molecule has 0 bridgehead atoms. The lowest BCUT2D eigenvalue weighted by molar-refractivity contribution is -0.137. The Labute approximate surface area is 144 Å². The zero-order valence-corrected chi connectivity index (χ0v) is 15.1. The van der Waals surface area contributed by atoms with Gasteiger partial charge in [-0.3, -0.25) is 4.79 Å². The van der Waals surface area contributed by atoms with Crippen LogP contribution in [0.15, 0.2) is 24.8 Å². The van der Waals surface area contributed by atoms with Crippen molar-refractivity contribution < 1.29 is 9.90 Å². The summed E-state index contributed by atoms with van der Waals surface area (Å²) >= 11 is 0. The molecule has 0 aliphatic heterocycles. The maximum absolute atomic E-state index is 10.4. The fourth-order valence-corrected chi connectivity index (χ4v) is 2.74. The van der Waals surface area contributed by atoms with Gasteiger partial charge in [0, 0.05) is 6.42 Å². The molecule has 0 saturated carbocycles. The van der Waals surface area contributed by atoms with Crippen LogP contribution in [0.4, 0.5) is 0 Å². The zero-order valence-electron chi connectivity index (χ0n) is 15.1. The van der Waals surface area contributed by atoms with Crippen LogP contribution in [0, 0.1) is 0 Å². The van der Waals surface area contributed by atoms with Gasteiger partial charge in [0.15, 0.2) is 0 Å². The number of carboxylic acid groups (broad SMARTS) is 1. The van der Waals surface area contributed by atoms with Crippen LogP contribution in [-0.2, 0) is 4.79 Å². The standard InChI is InChI=1S/C21H38O2/c1-2-3-4-5-6-7-8-9-10-11-12-13-14-15-16-17-18-19-20-21(22)23/h2,10-11H,1,3-9,12-20H2,(H,22,23)/b11-10+. The molecule has 0 radical (unpaired) electrons. The molecule has 134 valence electrons. The average Bonchev–Trinajstić information content (AvgIpc) is 2.53. The van der Waals surface area contributed by atoms with Crippen molar-refractivity contribution in [1.82, 2.24) is 0 Å². The molecule has 0 aromatic carbocycles. The summed E-state index contributed by atoms with van der Waals surface area (Å²) in [6.07, 6.45) is 25.7. The highest BCUT2D eigenvalue weighted by Crippen LogP contribution is 2.11. The molecule has 23 heavy (non-hydrogen) atoms. The molecule has 1 N–H and O–H groups in total. The van der Waals surface area contributed by atoms with Gasteiger partial charge < -0.3 is 5.11 Å².